The van der Waals surface area contributed by atoms with Crippen molar-refractivity contribution in [1.29, 1.82) is 0 Å². The van der Waals surface area contributed by atoms with E-state index < -0.39 is 0 Å². The van der Waals surface area contributed by atoms with E-state index in [1.54, 1.807) is 0 Å². The van der Waals surface area contributed by atoms with Crippen molar-refractivity contribution in [3.63, 3.8) is 0 Å². The summed E-state index contributed by atoms with van der Waals surface area (Å²) < 4.78 is 11.4. The van der Waals surface area contributed by atoms with Gasteiger partial charge < -0.3 is 14.5 Å². The van der Waals surface area contributed by atoms with Crippen LogP contribution in [-0.2, 0) is 19.6 Å². The summed E-state index contributed by atoms with van der Waals surface area (Å²) in [5.74, 6) is 2.77. The van der Waals surface area contributed by atoms with E-state index in [-0.39, 0.29) is 0 Å². The largest absolute Gasteiger partial charge is 0.489 e. The van der Waals surface area contributed by atoms with Crippen LogP contribution in [0.4, 0.5) is 0 Å². The highest BCUT2D eigenvalue weighted by Crippen LogP contribution is 2.18. The zero-order valence-corrected chi connectivity index (χ0v) is 11.8. The smallest absolute Gasteiger partial charge is 0.119 e. The molecule has 1 aromatic heterocycles. The van der Waals surface area contributed by atoms with Crippen molar-refractivity contribution >= 4 is 0 Å². The van der Waals surface area contributed by atoms with Gasteiger partial charge in [-0.1, -0.05) is 19.1 Å². The van der Waals surface area contributed by atoms with E-state index in [9.17, 15) is 0 Å². The summed E-state index contributed by atoms with van der Waals surface area (Å²) in [6.07, 6.45) is 1.05. The number of nitrogens with one attached hydrogen (secondary N) is 1. The van der Waals surface area contributed by atoms with E-state index >= 15 is 0 Å². The normalized spacial score (nSPS) is 10.7. The van der Waals surface area contributed by atoms with E-state index in [1.807, 2.05) is 32.2 Å². The molecule has 0 atom stereocenters. The van der Waals surface area contributed by atoms with Crippen molar-refractivity contribution in [2.45, 2.75) is 33.4 Å². The van der Waals surface area contributed by atoms with Crippen molar-refractivity contribution in [2.24, 2.45) is 0 Å². The summed E-state index contributed by atoms with van der Waals surface area (Å²) in [5, 5.41) is 3.08. The standard InChI is InChI=1S/C16H21NO2/c1-4-13-5-7-15(8-6-13)18-11-14-9-16(10-17-3)19-12(14)2/h5-9,17H,4,10-11H2,1-3H3. The van der Waals surface area contributed by atoms with Crippen LogP contribution in [0.3, 0.4) is 0 Å². The fourth-order valence-corrected chi connectivity index (χ4v) is 1.97. The van der Waals surface area contributed by atoms with Crippen LogP contribution in [0.5, 0.6) is 5.75 Å². The maximum Gasteiger partial charge on any atom is 0.119 e. The van der Waals surface area contributed by atoms with Crippen LogP contribution >= 0.6 is 0 Å². The Morgan fingerprint density at radius 2 is 1.95 bits per heavy atom. The lowest BCUT2D eigenvalue weighted by atomic mass is 10.2. The number of hydrogen-bond donors (Lipinski definition) is 1. The third-order valence-electron chi connectivity index (χ3n) is 3.15. The SMILES string of the molecule is CCc1ccc(OCc2cc(CNC)oc2C)cc1. The first-order valence-corrected chi connectivity index (χ1v) is 6.67. The molecule has 102 valence electrons. The van der Waals surface area contributed by atoms with Gasteiger partial charge in [0.2, 0.25) is 0 Å². The van der Waals surface area contributed by atoms with Crippen LogP contribution in [0, 0.1) is 6.92 Å². The van der Waals surface area contributed by atoms with E-state index in [4.69, 9.17) is 9.15 Å². The lowest BCUT2D eigenvalue weighted by Crippen LogP contribution is -2.03. The summed E-state index contributed by atoms with van der Waals surface area (Å²) >= 11 is 0. The highest BCUT2D eigenvalue weighted by atomic mass is 16.5. The van der Waals surface area contributed by atoms with Gasteiger partial charge in [0.1, 0.15) is 23.9 Å². The minimum atomic E-state index is 0.546. The van der Waals surface area contributed by atoms with Gasteiger partial charge in [-0.05, 0) is 44.2 Å². The Labute approximate surface area is 114 Å². The molecule has 3 heteroatoms. The summed E-state index contributed by atoms with van der Waals surface area (Å²) in [6.45, 7) is 5.41. The highest BCUT2D eigenvalue weighted by molar-refractivity contribution is 5.28. The molecule has 1 N–H and O–H groups in total. The molecule has 0 aliphatic carbocycles. The molecular formula is C16H21NO2. The monoisotopic (exact) mass is 259 g/mol. The molecule has 0 fully saturated rings. The van der Waals surface area contributed by atoms with E-state index in [0.717, 1.165) is 35.8 Å². The fraction of sp³-hybridized carbons (Fsp3) is 0.375. The van der Waals surface area contributed by atoms with Crippen molar-refractivity contribution in [3.8, 4) is 5.75 Å². The molecule has 0 bridgehead atoms. The Balaban J connectivity index is 1.97. The van der Waals surface area contributed by atoms with Crippen LogP contribution in [0.1, 0.15) is 29.6 Å². The fourth-order valence-electron chi connectivity index (χ4n) is 1.97. The van der Waals surface area contributed by atoms with Gasteiger partial charge in [-0.25, -0.2) is 0 Å². The molecule has 2 aromatic rings. The molecule has 0 unspecified atom stereocenters. The maximum atomic E-state index is 5.78. The average molecular weight is 259 g/mol. The second-order valence-electron chi connectivity index (χ2n) is 4.61. The van der Waals surface area contributed by atoms with Crippen LogP contribution in [-0.4, -0.2) is 7.05 Å². The average Bonchev–Trinajstić information content (AvgIpc) is 2.78. The summed E-state index contributed by atoms with van der Waals surface area (Å²) in [5.41, 5.74) is 2.42. The van der Waals surface area contributed by atoms with E-state index in [2.05, 4.69) is 24.4 Å². The molecule has 0 saturated heterocycles. The molecule has 0 saturated carbocycles. The second-order valence-corrected chi connectivity index (χ2v) is 4.61. The molecule has 3 nitrogen and oxygen atoms in total. The topological polar surface area (TPSA) is 34.4 Å². The van der Waals surface area contributed by atoms with Crippen LogP contribution in [0.2, 0.25) is 0 Å². The molecule has 1 heterocycles. The Kier molecular flexibility index (Phi) is 4.63. The van der Waals surface area contributed by atoms with Gasteiger partial charge in [-0.15, -0.1) is 0 Å². The number of hydrogen-bond acceptors (Lipinski definition) is 3. The maximum absolute atomic E-state index is 5.78. The molecule has 0 amide bonds. The van der Waals surface area contributed by atoms with Gasteiger partial charge in [0, 0.05) is 5.56 Å². The van der Waals surface area contributed by atoms with Crippen LogP contribution < -0.4 is 10.1 Å². The van der Waals surface area contributed by atoms with Crippen LogP contribution in [0.15, 0.2) is 34.7 Å². The van der Waals surface area contributed by atoms with Gasteiger partial charge in [0.05, 0.1) is 6.54 Å². The van der Waals surface area contributed by atoms with E-state index in [1.165, 1.54) is 5.56 Å². The molecule has 0 aliphatic rings. The quantitative estimate of drug-likeness (QED) is 0.862. The third-order valence-corrected chi connectivity index (χ3v) is 3.15. The van der Waals surface area contributed by atoms with Gasteiger partial charge in [-0.2, -0.15) is 0 Å². The van der Waals surface area contributed by atoms with Gasteiger partial charge in [-0.3, -0.25) is 0 Å². The number of aryl methyl sites for hydroxylation is 2. The Morgan fingerprint density at radius 1 is 1.21 bits per heavy atom. The molecule has 0 spiro atoms. The third kappa shape index (κ3) is 3.61. The Bertz CT molecular complexity index is 514. The highest BCUT2D eigenvalue weighted by Gasteiger charge is 2.07. The summed E-state index contributed by atoms with van der Waals surface area (Å²) in [6, 6.07) is 10.3. The van der Waals surface area contributed by atoms with Crippen molar-refractivity contribution in [2.75, 3.05) is 7.05 Å². The van der Waals surface area contributed by atoms with Crippen LogP contribution in [0.25, 0.3) is 0 Å². The molecule has 0 radical (unpaired) electrons. The lowest BCUT2D eigenvalue weighted by Gasteiger charge is -2.05. The van der Waals surface area contributed by atoms with Gasteiger partial charge >= 0.3 is 0 Å². The van der Waals surface area contributed by atoms with Crippen molar-refractivity contribution in [1.82, 2.24) is 5.32 Å². The number of furan rings is 1. The van der Waals surface area contributed by atoms with Crippen molar-refractivity contribution in [3.05, 3.63) is 53.0 Å². The first kappa shape index (κ1) is 13.7. The Morgan fingerprint density at radius 3 is 2.58 bits per heavy atom. The second kappa shape index (κ2) is 6.43. The molecule has 2 rings (SSSR count). The molecule has 1 aromatic carbocycles. The zero-order chi connectivity index (χ0) is 13.7. The Hall–Kier alpha value is -1.74. The first-order chi connectivity index (χ1) is 9.22. The van der Waals surface area contributed by atoms with E-state index in [0.29, 0.717) is 6.61 Å². The minimum absolute atomic E-state index is 0.546. The molecule has 19 heavy (non-hydrogen) atoms. The summed E-state index contributed by atoms with van der Waals surface area (Å²) in [7, 11) is 1.91. The number of benzene rings is 1. The molecule has 0 aliphatic heterocycles. The number of ether oxygens (including phenoxy) is 1. The first-order valence-electron chi connectivity index (χ1n) is 6.67. The minimum Gasteiger partial charge on any atom is -0.489 e. The van der Waals surface area contributed by atoms with Crippen molar-refractivity contribution < 1.29 is 9.15 Å². The zero-order valence-electron chi connectivity index (χ0n) is 11.8. The lowest BCUT2D eigenvalue weighted by molar-refractivity contribution is 0.303. The predicted molar refractivity (Wildman–Crippen MR) is 76.4 cm³/mol. The summed E-state index contributed by atoms with van der Waals surface area (Å²) in [4.78, 5) is 0. The number of rotatable bonds is 6. The van der Waals surface area contributed by atoms with Gasteiger partial charge in [0.15, 0.2) is 0 Å². The molecular weight excluding hydrogens is 238 g/mol. The predicted octanol–water partition coefficient (Wildman–Crippen LogP) is 3.45. The van der Waals surface area contributed by atoms with Gasteiger partial charge in [0.25, 0.3) is 0 Å².